The summed E-state index contributed by atoms with van der Waals surface area (Å²) in [6.07, 6.45) is 3.80. The van der Waals surface area contributed by atoms with E-state index in [1.807, 2.05) is 24.3 Å². The molecule has 4 nitrogen and oxygen atoms in total. The van der Waals surface area contributed by atoms with Gasteiger partial charge in [-0.2, -0.15) is 0 Å². The number of amides is 1. The van der Waals surface area contributed by atoms with E-state index >= 15 is 0 Å². The summed E-state index contributed by atoms with van der Waals surface area (Å²) in [7, 11) is 0. The second-order valence-corrected chi connectivity index (χ2v) is 4.62. The maximum atomic E-state index is 11.7. The van der Waals surface area contributed by atoms with Crippen LogP contribution in [0.2, 0.25) is 0 Å². The topological polar surface area (TPSA) is 64.3 Å². The molecule has 19 heavy (non-hydrogen) atoms. The minimum Gasteiger partial charge on any atom is -0.378 e. The van der Waals surface area contributed by atoms with Gasteiger partial charge in [-0.05, 0) is 37.0 Å². The van der Waals surface area contributed by atoms with Crippen molar-refractivity contribution in [2.75, 3.05) is 11.9 Å². The lowest BCUT2D eigenvalue weighted by Crippen LogP contribution is -2.15. The number of hydrogen-bond acceptors (Lipinski definition) is 3. The Morgan fingerprint density at radius 1 is 1.37 bits per heavy atom. The van der Waals surface area contributed by atoms with Gasteiger partial charge < -0.3 is 15.8 Å². The Bertz CT molecular complexity index is 389. The molecule has 0 spiro atoms. The number of hydrogen-bond donors (Lipinski definition) is 2. The predicted molar refractivity (Wildman–Crippen MR) is 78.4 cm³/mol. The highest BCUT2D eigenvalue weighted by Gasteiger charge is 2.16. The van der Waals surface area contributed by atoms with Crippen LogP contribution in [0.4, 0.5) is 5.69 Å². The van der Waals surface area contributed by atoms with E-state index < -0.39 is 0 Å². The number of benzene rings is 1. The second kappa shape index (κ2) is 8.15. The van der Waals surface area contributed by atoms with Gasteiger partial charge in [0.25, 0.3) is 0 Å². The fourth-order valence-corrected chi connectivity index (χ4v) is 2.11. The molecule has 1 aromatic carbocycles. The molecule has 1 saturated heterocycles. The van der Waals surface area contributed by atoms with E-state index in [2.05, 4.69) is 5.32 Å². The molecule has 0 saturated carbocycles. The molecule has 0 bridgehead atoms. The van der Waals surface area contributed by atoms with E-state index in [9.17, 15) is 4.79 Å². The number of rotatable bonds is 5. The van der Waals surface area contributed by atoms with E-state index in [4.69, 9.17) is 10.5 Å². The van der Waals surface area contributed by atoms with Gasteiger partial charge in [0.2, 0.25) is 5.91 Å². The van der Waals surface area contributed by atoms with Crippen LogP contribution in [0, 0.1) is 0 Å². The largest absolute Gasteiger partial charge is 0.378 e. The summed E-state index contributed by atoms with van der Waals surface area (Å²) in [4.78, 5) is 11.7. The summed E-state index contributed by atoms with van der Waals surface area (Å²) in [6, 6.07) is 7.61. The van der Waals surface area contributed by atoms with Crippen LogP contribution < -0.4 is 11.1 Å². The van der Waals surface area contributed by atoms with Crippen molar-refractivity contribution in [1.29, 1.82) is 0 Å². The van der Waals surface area contributed by atoms with Gasteiger partial charge in [-0.1, -0.05) is 12.1 Å². The van der Waals surface area contributed by atoms with Crippen LogP contribution in [-0.2, 0) is 16.1 Å². The first-order valence-electron chi connectivity index (χ1n) is 6.48. The lowest BCUT2D eigenvalue weighted by Gasteiger charge is -2.09. The van der Waals surface area contributed by atoms with Gasteiger partial charge in [0.1, 0.15) is 0 Å². The molecule has 1 atom stereocenters. The molecule has 5 heteroatoms. The van der Waals surface area contributed by atoms with Crippen LogP contribution >= 0.6 is 12.4 Å². The van der Waals surface area contributed by atoms with E-state index in [0.29, 0.717) is 13.0 Å². The number of nitrogens with one attached hydrogen (secondary N) is 1. The van der Waals surface area contributed by atoms with E-state index in [1.54, 1.807) is 0 Å². The number of carbonyl (C=O) groups excluding carboxylic acids is 1. The van der Waals surface area contributed by atoms with Gasteiger partial charge in [-0.3, -0.25) is 4.79 Å². The Balaban J connectivity index is 0.00000180. The Morgan fingerprint density at radius 2 is 2.11 bits per heavy atom. The molecule has 3 N–H and O–H groups in total. The van der Waals surface area contributed by atoms with Crippen molar-refractivity contribution in [2.45, 2.75) is 38.3 Å². The summed E-state index contributed by atoms with van der Waals surface area (Å²) in [5, 5.41) is 2.88. The smallest absolute Gasteiger partial charge is 0.224 e. The summed E-state index contributed by atoms with van der Waals surface area (Å²) in [5.74, 6) is 0.0472. The zero-order valence-electron chi connectivity index (χ0n) is 10.9. The van der Waals surface area contributed by atoms with Gasteiger partial charge in [0, 0.05) is 25.3 Å². The van der Waals surface area contributed by atoms with Gasteiger partial charge in [-0.15, -0.1) is 12.4 Å². The zero-order chi connectivity index (χ0) is 12.8. The first-order chi connectivity index (χ1) is 8.78. The van der Waals surface area contributed by atoms with Crippen LogP contribution in [0.15, 0.2) is 24.3 Å². The molecule has 1 heterocycles. The van der Waals surface area contributed by atoms with E-state index in [-0.39, 0.29) is 24.4 Å². The highest BCUT2D eigenvalue weighted by molar-refractivity contribution is 5.90. The van der Waals surface area contributed by atoms with Crippen LogP contribution in [-0.4, -0.2) is 18.6 Å². The van der Waals surface area contributed by atoms with E-state index in [0.717, 1.165) is 37.1 Å². The number of nitrogens with two attached hydrogens (primary N) is 1. The molecular weight excluding hydrogens is 264 g/mol. The second-order valence-electron chi connectivity index (χ2n) is 4.62. The third kappa shape index (κ3) is 5.19. The van der Waals surface area contributed by atoms with Crippen LogP contribution in [0.5, 0.6) is 0 Å². The maximum Gasteiger partial charge on any atom is 0.224 e. The average molecular weight is 285 g/mol. The Labute approximate surface area is 120 Å². The van der Waals surface area contributed by atoms with Gasteiger partial charge >= 0.3 is 0 Å². The first-order valence-corrected chi connectivity index (χ1v) is 6.48. The Kier molecular flexibility index (Phi) is 6.84. The van der Waals surface area contributed by atoms with Gasteiger partial charge in [-0.25, -0.2) is 0 Å². The van der Waals surface area contributed by atoms with Gasteiger partial charge in [0.15, 0.2) is 0 Å². The van der Waals surface area contributed by atoms with Crippen molar-refractivity contribution >= 4 is 24.0 Å². The molecular formula is C14H21ClN2O2. The van der Waals surface area contributed by atoms with Crippen molar-refractivity contribution < 1.29 is 9.53 Å². The minimum absolute atomic E-state index is 0. The molecule has 106 valence electrons. The maximum absolute atomic E-state index is 11.7. The lowest BCUT2D eigenvalue weighted by molar-refractivity contribution is -0.116. The van der Waals surface area contributed by atoms with Gasteiger partial charge in [0.05, 0.1) is 6.10 Å². The SMILES string of the molecule is Cl.NCc1ccc(NC(=O)CCC2CCCO2)cc1. The Morgan fingerprint density at radius 3 is 2.68 bits per heavy atom. The summed E-state index contributed by atoms with van der Waals surface area (Å²) >= 11 is 0. The number of carbonyl (C=O) groups is 1. The fourth-order valence-electron chi connectivity index (χ4n) is 2.11. The molecule has 1 aliphatic rings. The van der Waals surface area contributed by atoms with Crippen molar-refractivity contribution in [3.05, 3.63) is 29.8 Å². The monoisotopic (exact) mass is 284 g/mol. The number of ether oxygens (including phenoxy) is 1. The summed E-state index contributed by atoms with van der Waals surface area (Å²) < 4.78 is 5.49. The van der Waals surface area contributed by atoms with Crippen LogP contribution in [0.25, 0.3) is 0 Å². The fraction of sp³-hybridized carbons (Fsp3) is 0.500. The quantitative estimate of drug-likeness (QED) is 0.873. The van der Waals surface area contributed by atoms with Crippen molar-refractivity contribution in [3.63, 3.8) is 0 Å². The molecule has 1 unspecified atom stereocenters. The predicted octanol–water partition coefficient (Wildman–Crippen LogP) is 2.46. The normalized spacial score (nSPS) is 17.8. The molecule has 0 aliphatic carbocycles. The minimum atomic E-state index is 0. The standard InChI is InChI=1S/C14H20N2O2.ClH/c15-10-11-3-5-12(6-4-11)16-14(17)8-7-13-2-1-9-18-13;/h3-6,13H,1-2,7-10,15H2,(H,16,17);1H. The summed E-state index contributed by atoms with van der Waals surface area (Å²) in [5.41, 5.74) is 7.40. The van der Waals surface area contributed by atoms with Crippen molar-refractivity contribution in [1.82, 2.24) is 0 Å². The third-order valence-electron chi connectivity index (χ3n) is 3.19. The first kappa shape index (κ1) is 16.0. The highest BCUT2D eigenvalue weighted by atomic mass is 35.5. The molecule has 1 aromatic rings. The third-order valence-corrected chi connectivity index (χ3v) is 3.19. The number of anilines is 1. The number of halogens is 1. The van der Waals surface area contributed by atoms with Crippen LogP contribution in [0.3, 0.4) is 0 Å². The molecule has 0 aromatic heterocycles. The van der Waals surface area contributed by atoms with Crippen LogP contribution in [0.1, 0.15) is 31.2 Å². The lowest BCUT2D eigenvalue weighted by atomic mass is 10.1. The molecule has 1 fully saturated rings. The molecule has 1 amide bonds. The van der Waals surface area contributed by atoms with Crippen molar-refractivity contribution in [3.8, 4) is 0 Å². The van der Waals surface area contributed by atoms with Crippen molar-refractivity contribution in [2.24, 2.45) is 5.73 Å². The Hall–Kier alpha value is -1.10. The molecule has 1 aliphatic heterocycles. The molecule has 2 rings (SSSR count). The average Bonchev–Trinajstić information content (AvgIpc) is 2.90. The van der Waals surface area contributed by atoms with E-state index in [1.165, 1.54) is 0 Å². The molecule has 0 radical (unpaired) electrons. The zero-order valence-corrected chi connectivity index (χ0v) is 11.7. The highest BCUT2D eigenvalue weighted by Crippen LogP contribution is 2.17. The summed E-state index contributed by atoms with van der Waals surface area (Å²) in [6.45, 7) is 1.36.